The summed E-state index contributed by atoms with van der Waals surface area (Å²) in [4.78, 5) is 31.4. The van der Waals surface area contributed by atoms with Crippen molar-refractivity contribution < 1.29 is 33.2 Å². The molecule has 1 saturated heterocycles. The number of carboxylic acid groups (broad SMARTS) is 1. The van der Waals surface area contributed by atoms with Crippen LogP contribution in [0.2, 0.25) is 5.02 Å². The van der Waals surface area contributed by atoms with Crippen molar-refractivity contribution in [1.82, 2.24) is 29.1 Å². The van der Waals surface area contributed by atoms with E-state index in [0.717, 1.165) is 49.8 Å². The van der Waals surface area contributed by atoms with Crippen molar-refractivity contribution in [3.8, 4) is 51.2 Å². The topological polar surface area (TPSA) is 132 Å². The number of carbonyl (C=O) groups is 1. The second kappa shape index (κ2) is 19.6. The number of pyridine rings is 1. The number of likely N-dealkylation sites (N-methyl/N-ethyl adjacent to an activating group) is 1. The molecule has 15 heteroatoms. The Labute approximate surface area is 363 Å². The number of rotatable bonds is 17. The lowest BCUT2D eigenvalue weighted by atomic mass is 9.93. The number of para-hydroxylation sites is 1. The van der Waals surface area contributed by atoms with E-state index >= 15 is 0 Å². The number of aromatic nitrogens is 4. The summed E-state index contributed by atoms with van der Waals surface area (Å²) < 4.78 is 44.1. The number of nitrogens with zero attached hydrogens (tertiary/aromatic N) is 6. The molecule has 0 radical (unpaired) electrons. The smallest absolute Gasteiger partial charge is 0.345 e. The molecule has 3 aromatic heterocycles. The zero-order valence-electron chi connectivity index (χ0n) is 34.4. The lowest BCUT2D eigenvalue weighted by Crippen LogP contribution is -2.45. The van der Waals surface area contributed by atoms with E-state index in [1.807, 2.05) is 43.3 Å². The number of fused-ring (bicyclic) bond motifs is 1. The third-order valence-corrected chi connectivity index (χ3v) is 11.8. The minimum absolute atomic E-state index is 0.0808. The molecule has 61 heavy (non-hydrogen) atoms. The molecule has 0 aliphatic carbocycles. The summed E-state index contributed by atoms with van der Waals surface area (Å²) in [5.41, 5.74) is 4.75. The van der Waals surface area contributed by atoms with Crippen LogP contribution in [0.5, 0.6) is 17.4 Å². The normalized spacial score (nSPS) is 14.3. The Bertz CT molecular complexity index is 2580. The van der Waals surface area contributed by atoms with E-state index in [9.17, 15) is 14.3 Å². The molecular weight excluding hydrogens is 819 g/mol. The zero-order valence-corrected chi connectivity index (χ0v) is 35.9. The number of methoxy groups -OCH3 is 1. The van der Waals surface area contributed by atoms with Crippen LogP contribution in [0.25, 0.3) is 43.9 Å². The number of carboxylic acids is 1. The first-order valence-corrected chi connectivity index (χ1v) is 20.9. The van der Waals surface area contributed by atoms with Gasteiger partial charge in [-0.05, 0) is 85.5 Å². The van der Waals surface area contributed by atoms with E-state index in [0.29, 0.717) is 84.0 Å². The summed E-state index contributed by atoms with van der Waals surface area (Å²) in [6.45, 7) is 12.8. The molecule has 0 amide bonds. The number of ether oxygens (including phenoxy) is 4. The van der Waals surface area contributed by atoms with Crippen molar-refractivity contribution in [2.45, 2.75) is 33.0 Å². The average Bonchev–Trinajstić information content (AvgIpc) is 3.68. The Morgan fingerprint density at radius 2 is 1.85 bits per heavy atom. The van der Waals surface area contributed by atoms with E-state index in [1.165, 1.54) is 12.1 Å². The highest BCUT2D eigenvalue weighted by molar-refractivity contribution is 7.13. The van der Waals surface area contributed by atoms with Crippen molar-refractivity contribution in [2.24, 2.45) is 0 Å². The Morgan fingerprint density at radius 1 is 1.05 bits per heavy atom. The molecule has 7 rings (SSSR count). The molecule has 1 fully saturated rings. The quantitative estimate of drug-likeness (QED) is 0.0693. The van der Waals surface area contributed by atoms with Gasteiger partial charge in [-0.15, -0.1) is 0 Å². The van der Waals surface area contributed by atoms with Crippen LogP contribution in [-0.2, 0) is 16.1 Å². The Kier molecular flexibility index (Phi) is 13.9. The van der Waals surface area contributed by atoms with Crippen LogP contribution in [0, 0.1) is 12.7 Å². The number of hydrogen-bond acceptors (Lipinski definition) is 12. The maximum absolute atomic E-state index is 14.7. The van der Waals surface area contributed by atoms with Gasteiger partial charge >= 0.3 is 5.97 Å². The molecule has 1 atom stereocenters. The van der Waals surface area contributed by atoms with Gasteiger partial charge in [-0.3, -0.25) is 9.88 Å². The van der Waals surface area contributed by atoms with Crippen molar-refractivity contribution >= 4 is 39.2 Å². The molecule has 1 aliphatic heterocycles. The van der Waals surface area contributed by atoms with Crippen molar-refractivity contribution in [2.75, 3.05) is 53.5 Å². The predicted molar refractivity (Wildman–Crippen MR) is 236 cm³/mol. The van der Waals surface area contributed by atoms with Crippen molar-refractivity contribution in [3.63, 3.8) is 0 Å². The third kappa shape index (κ3) is 10.0. The second-order valence-corrected chi connectivity index (χ2v) is 15.7. The number of hydrogen-bond donors (Lipinski definition) is 1. The standard InChI is InChI=1S/C46H46ClFN6O6S/c1-6-30(29(3)59-27-33-16-17-49-44(51-33)35-12-7-8-13-36(35)57-5)25-38(46(55)56)60-45-41-39(61-52-45)26-50-43(31-10-9-11-32(48)24-31)40(41)34-14-15-37(42(47)28(34)2)58-23-22-54-20-18-53(4)19-21-54/h6-17,24,26,38H,1,18-23,25,27H2,2-5H3,(H,55,56)/b30-29-. The Balaban J connectivity index is 1.17. The second-order valence-electron chi connectivity index (χ2n) is 14.6. The largest absolute Gasteiger partial charge is 0.496 e. The van der Waals surface area contributed by atoms with Crippen LogP contribution >= 0.6 is 23.1 Å². The van der Waals surface area contributed by atoms with Crippen molar-refractivity contribution in [1.29, 1.82) is 0 Å². The summed E-state index contributed by atoms with van der Waals surface area (Å²) in [5.74, 6) is 0.524. The summed E-state index contributed by atoms with van der Waals surface area (Å²) in [6, 6.07) is 19.0. The summed E-state index contributed by atoms with van der Waals surface area (Å²) in [5, 5.41) is 11.5. The lowest BCUT2D eigenvalue weighted by Gasteiger charge is -2.32. The maximum Gasteiger partial charge on any atom is 0.345 e. The van der Waals surface area contributed by atoms with Gasteiger partial charge in [0.15, 0.2) is 5.82 Å². The molecule has 1 aliphatic rings. The fourth-order valence-corrected chi connectivity index (χ4v) is 8.02. The summed E-state index contributed by atoms with van der Waals surface area (Å²) in [7, 11) is 3.71. The predicted octanol–water partition coefficient (Wildman–Crippen LogP) is 9.12. The molecule has 0 spiro atoms. The van der Waals surface area contributed by atoms with Gasteiger partial charge in [-0.25, -0.2) is 19.2 Å². The van der Waals surface area contributed by atoms with Gasteiger partial charge in [0.1, 0.15) is 30.5 Å². The molecule has 1 unspecified atom stereocenters. The van der Waals surface area contributed by atoms with E-state index in [2.05, 4.69) is 37.8 Å². The molecule has 4 heterocycles. The molecule has 3 aromatic carbocycles. The van der Waals surface area contributed by atoms with E-state index < -0.39 is 17.9 Å². The number of aliphatic carboxylic acids is 1. The van der Waals surface area contributed by atoms with E-state index in [1.54, 1.807) is 50.7 Å². The zero-order chi connectivity index (χ0) is 43.0. The summed E-state index contributed by atoms with van der Waals surface area (Å²) >= 11 is 8.15. The Morgan fingerprint density at radius 3 is 2.61 bits per heavy atom. The van der Waals surface area contributed by atoms with Gasteiger partial charge in [0.2, 0.25) is 12.0 Å². The van der Waals surface area contributed by atoms with E-state index in [-0.39, 0.29) is 18.9 Å². The van der Waals surface area contributed by atoms with Crippen LogP contribution in [0.1, 0.15) is 24.6 Å². The number of allylic oxidation sites excluding steroid dienone is 2. The molecule has 316 valence electrons. The van der Waals surface area contributed by atoms with Gasteiger partial charge in [0.05, 0.1) is 44.9 Å². The van der Waals surface area contributed by atoms with Gasteiger partial charge in [0.25, 0.3) is 0 Å². The van der Waals surface area contributed by atoms with Crippen LogP contribution < -0.4 is 14.2 Å². The van der Waals surface area contributed by atoms with Gasteiger partial charge in [-0.2, -0.15) is 4.37 Å². The highest BCUT2D eigenvalue weighted by Gasteiger charge is 2.28. The molecule has 0 saturated carbocycles. The highest BCUT2D eigenvalue weighted by Crippen LogP contribution is 2.46. The lowest BCUT2D eigenvalue weighted by molar-refractivity contribution is -0.145. The third-order valence-electron chi connectivity index (χ3n) is 10.6. The minimum Gasteiger partial charge on any atom is -0.496 e. The first kappa shape index (κ1) is 43.2. The molecular formula is C46H46ClFN6O6S. The monoisotopic (exact) mass is 864 g/mol. The Hall–Kier alpha value is -5.93. The van der Waals surface area contributed by atoms with Crippen LogP contribution in [0.3, 0.4) is 0 Å². The molecule has 6 aromatic rings. The SMILES string of the molecule is C=C/C(CC(Oc1nsc2cnc(-c3cccc(F)c3)c(-c3ccc(OCCN4CCN(C)CC4)c(Cl)c3C)c12)C(=O)O)=C(\C)OCc1ccnc(-c2ccccc2OC)n1. The van der Waals surface area contributed by atoms with Gasteiger partial charge < -0.3 is 29.0 Å². The maximum atomic E-state index is 14.7. The van der Waals surface area contributed by atoms with Crippen LogP contribution in [0.15, 0.2) is 103 Å². The van der Waals surface area contributed by atoms with E-state index in [4.69, 9.17) is 35.5 Å². The van der Waals surface area contributed by atoms with Crippen molar-refractivity contribution in [3.05, 3.63) is 125 Å². The number of benzene rings is 3. The minimum atomic E-state index is -1.40. The average molecular weight is 865 g/mol. The van der Waals surface area contributed by atoms with Crippen LogP contribution in [0.4, 0.5) is 4.39 Å². The molecule has 0 bridgehead atoms. The fourth-order valence-electron chi connectivity index (χ4n) is 7.10. The molecule has 12 nitrogen and oxygen atoms in total. The number of piperazine rings is 1. The van der Waals surface area contributed by atoms with Gasteiger partial charge in [0, 0.05) is 62.7 Å². The fraction of sp³-hybridized carbons (Fsp3) is 0.283. The first-order chi connectivity index (χ1) is 29.5. The highest BCUT2D eigenvalue weighted by atomic mass is 35.5. The van der Waals surface area contributed by atoms with Gasteiger partial charge in [-0.1, -0.05) is 54.6 Å². The van der Waals surface area contributed by atoms with Crippen LogP contribution in [-0.4, -0.2) is 99.8 Å². The molecule has 1 N–H and O–H groups in total. The first-order valence-electron chi connectivity index (χ1n) is 19.7. The number of halogens is 2. The summed E-state index contributed by atoms with van der Waals surface area (Å²) in [6.07, 6.45) is 3.33.